The van der Waals surface area contributed by atoms with Crippen LogP contribution in [0.5, 0.6) is 5.75 Å². The van der Waals surface area contributed by atoms with Crippen LogP contribution in [0.25, 0.3) is 0 Å². The number of carbonyl (C=O) groups excluding carboxylic acids is 1. The Morgan fingerprint density at radius 3 is 2.95 bits per heavy atom. The molecule has 0 fully saturated rings. The van der Waals surface area contributed by atoms with E-state index in [1.165, 1.54) is 6.20 Å². The fourth-order valence-electron chi connectivity index (χ4n) is 2.31. The van der Waals surface area contributed by atoms with Crippen LogP contribution in [-0.4, -0.2) is 17.6 Å². The van der Waals surface area contributed by atoms with Gasteiger partial charge in [0.15, 0.2) is 0 Å². The molecule has 1 aromatic carbocycles. The number of pyridine rings is 1. The number of esters is 1. The third-order valence-corrected chi connectivity index (χ3v) is 3.38. The second-order valence-electron chi connectivity index (χ2n) is 4.89. The number of para-hydroxylation sites is 1. The van der Waals surface area contributed by atoms with Crippen LogP contribution in [0.3, 0.4) is 0 Å². The quantitative estimate of drug-likeness (QED) is 0.786. The van der Waals surface area contributed by atoms with Crippen molar-refractivity contribution in [3.8, 4) is 5.75 Å². The van der Waals surface area contributed by atoms with Gasteiger partial charge in [-0.15, -0.1) is 0 Å². The Balaban J connectivity index is 1.85. The summed E-state index contributed by atoms with van der Waals surface area (Å²) in [4.78, 5) is 16.1. The lowest BCUT2D eigenvalue weighted by molar-refractivity contribution is -0.000260. The molecule has 0 spiro atoms. The molecule has 3 rings (SSSR count). The predicted octanol–water partition coefficient (Wildman–Crippen LogP) is 3.01. The first-order valence-electron chi connectivity index (χ1n) is 6.58. The van der Waals surface area contributed by atoms with Crippen molar-refractivity contribution < 1.29 is 14.3 Å². The molecule has 2 unspecified atom stereocenters. The van der Waals surface area contributed by atoms with Gasteiger partial charge >= 0.3 is 5.97 Å². The summed E-state index contributed by atoms with van der Waals surface area (Å²) in [5, 5.41) is 0. The minimum atomic E-state index is -0.355. The Morgan fingerprint density at radius 1 is 1.30 bits per heavy atom. The Bertz CT molecular complexity index is 612. The molecule has 102 valence electrons. The number of carbonyl (C=O) groups is 1. The van der Waals surface area contributed by atoms with Crippen LogP contribution in [0.4, 0.5) is 0 Å². The minimum Gasteiger partial charge on any atom is -0.493 e. The van der Waals surface area contributed by atoms with Gasteiger partial charge in [-0.25, -0.2) is 4.79 Å². The van der Waals surface area contributed by atoms with Crippen LogP contribution < -0.4 is 4.74 Å². The van der Waals surface area contributed by atoms with E-state index in [4.69, 9.17) is 9.47 Å². The first-order valence-corrected chi connectivity index (χ1v) is 6.58. The summed E-state index contributed by atoms with van der Waals surface area (Å²) >= 11 is 0. The van der Waals surface area contributed by atoms with Gasteiger partial charge < -0.3 is 9.47 Å². The molecule has 0 bridgehead atoms. The van der Waals surface area contributed by atoms with Gasteiger partial charge in [0.25, 0.3) is 0 Å². The van der Waals surface area contributed by atoms with E-state index in [-0.39, 0.29) is 18.0 Å². The van der Waals surface area contributed by atoms with Gasteiger partial charge in [-0.2, -0.15) is 0 Å². The molecule has 1 aromatic heterocycles. The fourth-order valence-corrected chi connectivity index (χ4v) is 2.31. The van der Waals surface area contributed by atoms with E-state index in [1.54, 1.807) is 18.3 Å². The third kappa shape index (κ3) is 2.37. The number of fused-ring (bicyclic) bond motifs is 1. The molecule has 0 aliphatic carbocycles. The van der Waals surface area contributed by atoms with Crippen LogP contribution in [0, 0.1) is 5.92 Å². The first-order chi connectivity index (χ1) is 9.75. The molecule has 0 radical (unpaired) electrons. The highest BCUT2D eigenvalue weighted by molar-refractivity contribution is 5.89. The molecule has 4 nitrogen and oxygen atoms in total. The largest absolute Gasteiger partial charge is 0.493 e. The van der Waals surface area contributed by atoms with Crippen molar-refractivity contribution in [2.24, 2.45) is 5.92 Å². The van der Waals surface area contributed by atoms with Crippen molar-refractivity contribution in [2.75, 3.05) is 6.61 Å². The smallest absolute Gasteiger partial charge is 0.340 e. The maximum absolute atomic E-state index is 12.2. The summed E-state index contributed by atoms with van der Waals surface area (Å²) in [5.74, 6) is 0.548. The topological polar surface area (TPSA) is 48.4 Å². The monoisotopic (exact) mass is 269 g/mol. The average molecular weight is 269 g/mol. The number of hydrogen-bond donors (Lipinski definition) is 0. The van der Waals surface area contributed by atoms with Crippen LogP contribution >= 0.6 is 0 Å². The molecule has 2 aromatic rings. The van der Waals surface area contributed by atoms with Gasteiger partial charge in [0.2, 0.25) is 0 Å². The molecule has 2 atom stereocenters. The molecular weight excluding hydrogens is 254 g/mol. The van der Waals surface area contributed by atoms with Crippen molar-refractivity contribution in [3.05, 3.63) is 59.9 Å². The van der Waals surface area contributed by atoms with Crippen molar-refractivity contribution in [1.82, 2.24) is 4.98 Å². The van der Waals surface area contributed by atoms with Crippen LogP contribution in [-0.2, 0) is 4.74 Å². The highest BCUT2D eigenvalue weighted by Gasteiger charge is 2.31. The maximum atomic E-state index is 12.2. The van der Waals surface area contributed by atoms with Crippen molar-refractivity contribution in [2.45, 2.75) is 13.0 Å². The van der Waals surface area contributed by atoms with Crippen LogP contribution in [0.15, 0.2) is 48.8 Å². The summed E-state index contributed by atoms with van der Waals surface area (Å²) < 4.78 is 11.3. The lowest BCUT2D eigenvalue weighted by atomic mass is 9.94. The molecule has 0 amide bonds. The highest BCUT2D eigenvalue weighted by atomic mass is 16.6. The zero-order chi connectivity index (χ0) is 13.9. The summed E-state index contributed by atoms with van der Waals surface area (Å²) in [7, 11) is 0. The van der Waals surface area contributed by atoms with Gasteiger partial charge in [0, 0.05) is 23.9 Å². The second-order valence-corrected chi connectivity index (χ2v) is 4.89. The number of aromatic nitrogens is 1. The number of ether oxygens (including phenoxy) is 2. The van der Waals surface area contributed by atoms with Crippen LogP contribution in [0.1, 0.15) is 28.9 Å². The number of benzene rings is 1. The SMILES string of the molecule is CC1COc2ccccc2C1OC(=O)c1cccnc1. The Hall–Kier alpha value is -2.36. The van der Waals surface area contributed by atoms with Gasteiger partial charge in [0.1, 0.15) is 11.9 Å². The minimum absolute atomic E-state index is 0.116. The van der Waals surface area contributed by atoms with E-state index in [1.807, 2.05) is 31.2 Å². The Kier molecular flexibility index (Phi) is 3.37. The van der Waals surface area contributed by atoms with Gasteiger partial charge in [-0.3, -0.25) is 4.98 Å². The molecule has 1 aliphatic heterocycles. The fraction of sp³-hybridized carbons (Fsp3) is 0.250. The lowest BCUT2D eigenvalue weighted by Gasteiger charge is -2.30. The van der Waals surface area contributed by atoms with Crippen molar-refractivity contribution >= 4 is 5.97 Å². The Morgan fingerprint density at radius 2 is 2.15 bits per heavy atom. The van der Waals surface area contributed by atoms with E-state index in [2.05, 4.69) is 4.98 Å². The zero-order valence-corrected chi connectivity index (χ0v) is 11.2. The van der Waals surface area contributed by atoms with Crippen LogP contribution in [0.2, 0.25) is 0 Å². The molecule has 0 saturated heterocycles. The van der Waals surface area contributed by atoms with E-state index in [0.717, 1.165) is 11.3 Å². The lowest BCUT2D eigenvalue weighted by Crippen LogP contribution is -2.27. The summed E-state index contributed by atoms with van der Waals surface area (Å²) in [5.41, 5.74) is 1.38. The van der Waals surface area contributed by atoms with E-state index in [9.17, 15) is 4.79 Å². The maximum Gasteiger partial charge on any atom is 0.340 e. The molecule has 0 N–H and O–H groups in total. The summed E-state index contributed by atoms with van der Waals surface area (Å²) in [6.07, 6.45) is 2.86. The third-order valence-electron chi connectivity index (χ3n) is 3.38. The van der Waals surface area contributed by atoms with E-state index in [0.29, 0.717) is 12.2 Å². The average Bonchev–Trinajstić information content (AvgIpc) is 2.51. The predicted molar refractivity (Wildman–Crippen MR) is 73.5 cm³/mol. The molecule has 20 heavy (non-hydrogen) atoms. The van der Waals surface area contributed by atoms with Crippen molar-refractivity contribution in [3.63, 3.8) is 0 Å². The van der Waals surface area contributed by atoms with E-state index >= 15 is 0 Å². The number of rotatable bonds is 2. The molecule has 1 aliphatic rings. The Labute approximate surface area is 117 Å². The second kappa shape index (κ2) is 5.33. The molecule has 0 saturated carbocycles. The molecule has 4 heteroatoms. The zero-order valence-electron chi connectivity index (χ0n) is 11.2. The first kappa shape index (κ1) is 12.7. The highest BCUT2D eigenvalue weighted by Crippen LogP contribution is 2.37. The standard InChI is InChI=1S/C16H15NO3/c1-11-10-19-14-7-3-2-6-13(14)15(11)20-16(18)12-5-4-8-17-9-12/h2-9,11,15H,10H2,1H3. The van der Waals surface area contributed by atoms with Crippen molar-refractivity contribution in [1.29, 1.82) is 0 Å². The number of nitrogens with zero attached hydrogens (tertiary/aromatic N) is 1. The summed E-state index contributed by atoms with van der Waals surface area (Å²) in [6.45, 7) is 2.55. The van der Waals surface area contributed by atoms with Gasteiger partial charge in [-0.05, 0) is 18.2 Å². The van der Waals surface area contributed by atoms with E-state index < -0.39 is 0 Å². The summed E-state index contributed by atoms with van der Waals surface area (Å²) in [6, 6.07) is 11.1. The number of hydrogen-bond acceptors (Lipinski definition) is 4. The molecular formula is C16H15NO3. The van der Waals surface area contributed by atoms with Gasteiger partial charge in [-0.1, -0.05) is 25.1 Å². The normalized spacial score (nSPS) is 20.6. The van der Waals surface area contributed by atoms with Gasteiger partial charge in [0.05, 0.1) is 12.2 Å². The molecule has 2 heterocycles.